The first-order chi connectivity index (χ1) is 9.53. The first-order valence-corrected chi connectivity index (χ1v) is 5.54. The molecule has 0 amide bonds. The van der Waals surface area contributed by atoms with Crippen molar-refractivity contribution in [2.45, 2.75) is 6.92 Å². The van der Waals surface area contributed by atoms with Crippen LogP contribution in [0.3, 0.4) is 0 Å². The second kappa shape index (κ2) is 5.05. The molecule has 0 saturated heterocycles. The van der Waals surface area contributed by atoms with Crippen molar-refractivity contribution in [3.63, 3.8) is 0 Å². The van der Waals surface area contributed by atoms with Gasteiger partial charge in [0.2, 0.25) is 0 Å². The lowest BCUT2D eigenvalue weighted by molar-refractivity contribution is 0.151. The number of halogens is 1. The molecule has 0 radical (unpaired) electrons. The second-order valence-corrected chi connectivity index (χ2v) is 3.83. The summed E-state index contributed by atoms with van der Waals surface area (Å²) < 4.78 is 20.8. The highest BCUT2D eigenvalue weighted by molar-refractivity contribution is 5.50. The van der Waals surface area contributed by atoms with Crippen molar-refractivity contribution < 1.29 is 14.0 Å². The Labute approximate surface area is 113 Å². The van der Waals surface area contributed by atoms with E-state index in [2.05, 4.69) is 5.10 Å². The maximum atomic E-state index is 14.0. The van der Waals surface area contributed by atoms with Crippen LogP contribution in [0.25, 0.3) is 5.69 Å². The fourth-order valence-electron chi connectivity index (χ4n) is 1.78. The summed E-state index contributed by atoms with van der Waals surface area (Å²) in [5.74, 6) is -0.342. The molecule has 2 rings (SSSR count). The summed E-state index contributed by atoms with van der Waals surface area (Å²) in [6, 6.07) is 4.03. The first kappa shape index (κ1) is 13.6. The van der Waals surface area contributed by atoms with Gasteiger partial charge >= 0.3 is 5.69 Å². The Morgan fingerprint density at radius 1 is 1.40 bits per heavy atom. The second-order valence-electron chi connectivity index (χ2n) is 3.83. The summed E-state index contributed by atoms with van der Waals surface area (Å²) >= 11 is 0. The molecule has 0 saturated carbocycles. The van der Waals surface area contributed by atoms with Crippen LogP contribution in [0.15, 0.2) is 16.9 Å². The predicted molar refractivity (Wildman–Crippen MR) is 66.3 cm³/mol. The molecule has 104 valence electrons. The van der Waals surface area contributed by atoms with Gasteiger partial charge in [0, 0.05) is 6.07 Å². The molecular weight excluding hydrogens is 267 g/mol. The van der Waals surface area contributed by atoms with Gasteiger partial charge in [-0.25, -0.2) is 9.18 Å². The number of rotatable bonds is 3. The molecule has 0 N–H and O–H groups in total. The van der Waals surface area contributed by atoms with Gasteiger partial charge < -0.3 is 9.57 Å². The average molecular weight is 278 g/mol. The molecule has 20 heavy (non-hydrogen) atoms. The third-order valence-corrected chi connectivity index (χ3v) is 2.69. The van der Waals surface area contributed by atoms with Crippen LogP contribution in [0.5, 0.6) is 5.75 Å². The van der Waals surface area contributed by atoms with Gasteiger partial charge in [0.15, 0.2) is 11.6 Å². The van der Waals surface area contributed by atoms with Gasteiger partial charge in [-0.15, -0.1) is 9.83 Å². The van der Waals surface area contributed by atoms with Crippen molar-refractivity contribution in [3.05, 3.63) is 39.8 Å². The summed E-state index contributed by atoms with van der Waals surface area (Å²) in [4.78, 5) is 16.8. The topological polar surface area (TPSA) is 82.1 Å². The van der Waals surface area contributed by atoms with Gasteiger partial charge in [0.05, 0.1) is 12.7 Å². The molecular formula is C12H11FN4O3. The fourth-order valence-corrected chi connectivity index (χ4v) is 1.78. The summed E-state index contributed by atoms with van der Waals surface area (Å²) in [6.45, 7) is 1.54. The minimum atomic E-state index is -0.759. The number of nitrogens with zero attached hydrogens (tertiary/aromatic N) is 4. The van der Waals surface area contributed by atoms with E-state index in [1.165, 1.54) is 20.3 Å². The van der Waals surface area contributed by atoms with E-state index in [-0.39, 0.29) is 22.8 Å². The number of aryl methyl sites for hydroxylation is 1. The number of aromatic nitrogens is 3. The molecule has 0 aliphatic rings. The van der Waals surface area contributed by atoms with E-state index in [4.69, 9.17) is 14.8 Å². The third-order valence-electron chi connectivity index (χ3n) is 2.69. The lowest BCUT2D eigenvalue weighted by atomic mass is 10.2. The number of nitriles is 1. The normalized spacial score (nSPS) is 10.2. The van der Waals surface area contributed by atoms with Crippen LogP contribution in [0, 0.1) is 24.1 Å². The molecule has 0 bridgehead atoms. The van der Waals surface area contributed by atoms with Gasteiger partial charge in [-0.05, 0) is 13.0 Å². The summed E-state index contributed by atoms with van der Waals surface area (Å²) in [5.41, 5.74) is -0.745. The Kier molecular flexibility index (Phi) is 3.43. The minimum Gasteiger partial charge on any atom is -0.495 e. The molecule has 0 spiro atoms. The minimum absolute atomic E-state index is 0.0321. The van der Waals surface area contributed by atoms with Gasteiger partial charge in [0.25, 0.3) is 0 Å². The number of methoxy groups -OCH3 is 1. The molecule has 0 aliphatic carbocycles. The van der Waals surface area contributed by atoms with Crippen LogP contribution < -0.4 is 15.3 Å². The van der Waals surface area contributed by atoms with Crippen LogP contribution in [0.2, 0.25) is 0 Å². The Hall–Kier alpha value is -2.82. The van der Waals surface area contributed by atoms with E-state index in [0.29, 0.717) is 0 Å². The lowest BCUT2D eigenvalue weighted by Crippen LogP contribution is -2.28. The number of hydrogen-bond acceptors (Lipinski definition) is 5. The van der Waals surface area contributed by atoms with Crippen LogP contribution >= 0.6 is 0 Å². The highest BCUT2D eigenvalue weighted by Gasteiger charge is 2.18. The third kappa shape index (κ3) is 1.99. The predicted octanol–water partition coefficient (Wildman–Crippen LogP) is 0.420. The SMILES string of the molecule is COc1cc(-n2nc(C)n(OC)c2=O)c(F)cc1C#N. The summed E-state index contributed by atoms with van der Waals surface area (Å²) in [6.07, 6.45) is 0. The smallest absolute Gasteiger partial charge is 0.384 e. The molecule has 0 atom stereocenters. The van der Waals surface area contributed by atoms with Gasteiger partial charge in [-0.3, -0.25) is 0 Å². The fraction of sp³-hybridized carbons (Fsp3) is 0.250. The van der Waals surface area contributed by atoms with E-state index >= 15 is 0 Å². The Balaban J connectivity index is 2.71. The van der Waals surface area contributed by atoms with Crippen LogP contribution in [0.4, 0.5) is 4.39 Å². The maximum absolute atomic E-state index is 14.0. The molecule has 0 fully saturated rings. The van der Waals surface area contributed by atoms with E-state index in [1.807, 2.05) is 0 Å². The van der Waals surface area contributed by atoms with Crippen molar-refractivity contribution in [2.75, 3.05) is 14.2 Å². The number of ether oxygens (including phenoxy) is 1. The monoisotopic (exact) mass is 278 g/mol. The highest BCUT2D eigenvalue weighted by atomic mass is 19.1. The highest BCUT2D eigenvalue weighted by Crippen LogP contribution is 2.23. The van der Waals surface area contributed by atoms with Crippen molar-refractivity contribution in [2.24, 2.45) is 0 Å². The molecule has 1 heterocycles. The van der Waals surface area contributed by atoms with Gasteiger partial charge in [-0.1, -0.05) is 0 Å². The maximum Gasteiger partial charge on any atom is 0.384 e. The zero-order valence-electron chi connectivity index (χ0n) is 11.0. The largest absolute Gasteiger partial charge is 0.495 e. The van der Waals surface area contributed by atoms with Gasteiger partial charge in [0.1, 0.15) is 24.6 Å². The van der Waals surface area contributed by atoms with Crippen LogP contribution in [0.1, 0.15) is 11.4 Å². The van der Waals surface area contributed by atoms with E-state index < -0.39 is 11.5 Å². The zero-order chi connectivity index (χ0) is 14.9. The Morgan fingerprint density at radius 2 is 2.10 bits per heavy atom. The Bertz CT molecular complexity index is 757. The number of hydrogen-bond donors (Lipinski definition) is 0. The molecule has 8 heteroatoms. The molecule has 0 unspecified atom stereocenters. The first-order valence-electron chi connectivity index (χ1n) is 5.54. The van der Waals surface area contributed by atoms with Crippen molar-refractivity contribution in [3.8, 4) is 17.5 Å². The van der Waals surface area contributed by atoms with Crippen LogP contribution in [-0.2, 0) is 0 Å². The average Bonchev–Trinajstić information content (AvgIpc) is 2.72. The lowest BCUT2D eigenvalue weighted by Gasteiger charge is -2.07. The summed E-state index contributed by atoms with van der Waals surface area (Å²) in [7, 11) is 2.65. The number of benzene rings is 1. The van der Waals surface area contributed by atoms with Crippen molar-refractivity contribution in [1.29, 1.82) is 5.26 Å². The standard InChI is InChI=1S/C12H11FN4O3/c1-7-15-16(12(18)17(7)20-3)10-5-11(19-2)8(6-14)4-9(10)13/h4-5H,1-3H3. The van der Waals surface area contributed by atoms with Crippen molar-refractivity contribution >= 4 is 0 Å². The Morgan fingerprint density at radius 3 is 2.60 bits per heavy atom. The van der Waals surface area contributed by atoms with Gasteiger partial charge in [-0.2, -0.15) is 9.94 Å². The molecule has 7 nitrogen and oxygen atoms in total. The molecule has 2 aromatic rings. The van der Waals surface area contributed by atoms with Crippen molar-refractivity contribution in [1.82, 2.24) is 14.5 Å². The van der Waals surface area contributed by atoms with Crippen LogP contribution in [-0.4, -0.2) is 28.7 Å². The molecule has 1 aromatic carbocycles. The molecule has 1 aromatic heterocycles. The molecule has 0 aliphatic heterocycles. The van der Waals surface area contributed by atoms with E-state index in [9.17, 15) is 9.18 Å². The van der Waals surface area contributed by atoms with E-state index in [1.54, 1.807) is 13.0 Å². The quantitative estimate of drug-likeness (QED) is 0.812. The summed E-state index contributed by atoms with van der Waals surface area (Å²) in [5, 5.41) is 12.8. The zero-order valence-corrected chi connectivity index (χ0v) is 11.0. The van der Waals surface area contributed by atoms with E-state index in [0.717, 1.165) is 15.5 Å².